The van der Waals surface area contributed by atoms with E-state index in [1.54, 1.807) is 18.2 Å². The Bertz CT molecular complexity index is 760. The zero-order valence-corrected chi connectivity index (χ0v) is 13.8. The van der Waals surface area contributed by atoms with Gasteiger partial charge >= 0.3 is 6.09 Å². The summed E-state index contributed by atoms with van der Waals surface area (Å²) in [5.74, 6) is 0.565. The highest BCUT2D eigenvalue weighted by atomic mass is 19.3. The molecule has 0 bridgehead atoms. The van der Waals surface area contributed by atoms with E-state index in [9.17, 15) is 13.6 Å². The van der Waals surface area contributed by atoms with Crippen molar-refractivity contribution in [2.24, 2.45) is 0 Å². The van der Waals surface area contributed by atoms with E-state index in [0.29, 0.717) is 11.6 Å². The summed E-state index contributed by atoms with van der Waals surface area (Å²) < 4.78 is 36.6. The Balaban J connectivity index is 1.87. The molecule has 2 aromatic rings. The number of alkyl halides is 2. The maximum absolute atomic E-state index is 13.1. The monoisotopic (exact) mass is 347 g/mol. The van der Waals surface area contributed by atoms with Gasteiger partial charge in [0.25, 0.3) is 6.43 Å². The van der Waals surface area contributed by atoms with Gasteiger partial charge in [-0.05, 0) is 42.5 Å². The second-order valence-corrected chi connectivity index (χ2v) is 5.89. The van der Waals surface area contributed by atoms with Crippen LogP contribution in [0.2, 0.25) is 0 Å². The number of hydrogen-bond acceptors (Lipinski definition) is 3. The van der Waals surface area contributed by atoms with Crippen LogP contribution in [0.25, 0.3) is 0 Å². The lowest BCUT2D eigenvalue weighted by Gasteiger charge is -2.17. The van der Waals surface area contributed by atoms with Crippen LogP contribution in [0.5, 0.6) is 5.75 Å². The Morgan fingerprint density at radius 2 is 1.96 bits per heavy atom. The van der Waals surface area contributed by atoms with Crippen molar-refractivity contribution >= 4 is 11.8 Å². The van der Waals surface area contributed by atoms with Gasteiger partial charge in [-0.15, -0.1) is 0 Å². The molecule has 1 aliphatic carbocycles. The lowest BCUT2D eigenvalue weighted by Crippen LogP contribution is -2.14. The third-order valence-corrected chi connectivity index (χ3v) is 4.18. The minimum absolute atomic E-state index is 0.0930. The van der Waals surface area contributed by atoms with E-state index in [1.165, 1.54) is 19.2 Å². The molecule has 4 nitrogen and oxygen atoms in total. The number of amides is 1. The molecule has 0 atom stereocenters. The van der Waals surface area contributed by atoms with Gasteiger partial charge in [-0.25, -0.2) is 13.6 Å². The summed E-state index contributed by atoms with van der Waals surface area (Å²) in [6, 6.07) is 11.7. The number of ether oxygens (including phenoxy) is 2. The van der Waals surface area contributed by atoms with Crippen molar-refractivity contribution in [3.8, 4) is 5.75 Å². The van der Waals surface area contributed by atoms with Crippen molar-refractivity contribution in [3.63, 3.8) is 0 Å². The SMILES string of the molecule is COC(=O)Nc1cccc(C2CC2)c1COc1ccccc1C(F)F. The van der Waals surface area contributed by atoms with Crippen molar-refractivity contribution in [1.29, 1.82) is 0 Å². The van der Waals surface area contributed by atoms with E-state index in [-0.39, 0.29) is 17.9 Å². The summed E-state index contributed by atoms with van der Waals surface area (Å²) in [5, 5.41) is 2.67. The molecule has 3 rings (SSSR count). The van der Waals surface area contributed by atoms with Crippen LogP contribution < -0.4 is 10.1 Å². The molecular weight excluding hydrogens is 328 g/mol. The van der Waals surface area contributed by atoms with Crippen LogP contribution in [-0.4, -0.2) is 13.2 Å². The van der Waals surface area contributed by atoms with Crippen LogP contribution in [0, 0.1) is 0 Å². The Morgan fingerprint density at radius 1 is 1.20 bits per heavy atom. The first kappa shape index (κ1) is 17.2. The molecule has 1 aliphatic rings. The van der Waals surface area contributed by atoms with Crippen LogP contribution in [0.4, 0.5) is 19.3 Å². The quantitative estimate of drug-likeness (QED) is 0.775. The highest BCUT2D eigenvalue weighted by Crippen LogP contribution is 2.43. The van der Waals surface area contributed by atoms with Gasteiger partial charge in [0.15, 0.2) is 0 Å². The largest absolute Gasteiger partial charge is 0.488 e. The molecule has 0 unspecified atom stereocenters. The fourth-order valence-corrected chi connectivity index (χ4v) is 2.76. The van der Waals surface area contributed by atoms with Gasteiger partial charge in [-0.1, -0.05) is 24.3 Å². The Kier molecular flexibility index (Phi) is 5.16. The topological polar surface area (TPSA) is 47.6 Å². The highest BCUT2D eigenvalue weighted by molar-refractivity contribution is 5.86. The average molecular weight is 347 g/mol. The fourth-order valence-electron chi connectivity index (χ4n) is 2.76. The molecule has 132 valence electrons. The Hall–Kier alpha value is -2.63. The standard InChI is InChI=1S/C19H19F2NO3/c1-24-19(23)22-16-7-4-6-13(12-9-10-12)15(16)11-25-17-8-3-2-5-14(17)18(20)21/h2-8,12,18H,9-11H2,1H3,(H,22,23). The molecule has 1 N–H and O–H groups in total. The lowest BCUT2D eigenvalue weighted by molar-refractivity contribution is 0.144. The summed E-state index contributed by atoms with van der Waals surface area (Å²) in [7, 11) is 1.29. The highest BCUT2D eigenvalue weighted by Gasteiger charge is 2.28. The summed E-state index contributed by atoms with van der Waals surface area (Å²) >= 11 is 0. The molecule has 0 heterocycles. The van der Waals surface area contributed by atoms with Crippen LogP contribution >= 0.6 is 0 Å². The van der Waals surface area contributed by atoms with Gasteiger partial charge in [0.1, 0.15) is 12.4 Å². The average Bonchev–Trinajstić information content (AvgIpc) is 3.45. The van der Waals surface area contributed by atoms with E-state index in [0.717, 1.165) is 24.0 Å². The molecule has 2 aromatic carbocycles. The molecule has 1 amide bonds. The molecule has 6 heteroatoms. The predicted octanol–water partition coefficient (Wildman–Crippen LogP) is 5.26. The number of methoxy groups -OCH3 is 1. The molecule has 0 spiro atoms. The van der Waals surface area contributed by atoms with Crippen LogP contribution in [-0.2, 0) is 11.3 Å². The maximum Gasteiger partial charge on any atom is 0.411 e. The van der Waals surface area contributed by atoms with E-state index in [1.807, 2.05) is 12.1 Å². The predicted molar refractivity (Wildman–Crippen MR) is 90.2 cm³/mol. The first-order valence-electron chi connectivity index (χ1n) is 8.06. The van der Waals surface area contributed by atoms with Crippen LogP contribution in [0.3, 0.4) is 0 Å². The first-order valence-corrected chi connectivity index (χ1v) is 8.06. The van der Waals surface area contributed by atoms with E-state index in [2.05, 4.69) is 10.1 Å². The van der Waals surface area contributed by atoms with Crippen LogP contribution in [0.15, 0.2) is 42.5 Å². The lowest BCUT2D eigenvalue weighted by atomic mass is 10.0. The first-order chi connectivity index (χ1) is 12.1. The van der Waals surface area contributed by atoms with Crippen molar-refractivity contribution in [2.75, 3.05) is 12.4 Å². The number of benzene rings is 2. The zero-order valence-electron chi connectivity index (χ0n) is 13.8. The molecule has 0 radical (unpaired) electrons. The third-order valence-electron chi connectivity index (χ3n) is 4.18. The molecule has 0 aliphatic heterocycles. The van der Waals surface area contributed by atoms with Crippen LogP contribution in [0.1, 0.15) is 41.9 Å². The van der Waals surface area contributed by atoms with E-state index < -0.39 is 12.5 Å². The summed E-state index contributed by atoms with van der Waals surface area (Å²) in [6.07, 6.45) is -1.05. The Labute approximate surface area is 144 Å². The van der Waals surface area contributed by atoms with Gasteiger partial charge in [-0.2, -0.15) is 0 Å². The van der Waals surface area contributed by atoms with E-state index >= 15 is 0 Å². The van der Waals surface area contributed by atoms with Crippen molar-refractivity contribution in [1.82, 2.24) is 0 Å². The van der Waals surface area contributed by atoms with Gasteiger partial charge in [-0.3, -0.25) is 5.32 Å². The normalized spacial score (nSPS) is 13.6. The van der Waals surface area contributed by atoms with Gasteiger partial charge in [0.2, 0.25) is 0 Å². The van der Waals surface area contributed by atoms with E-state index in [4.69, 9.17) is 4.74 Å². The van der Waals surface area contributed by atoms with Gasteiger partial charge in [0.05, 0.1) is 18.4 Å². The minimum atomic E-state index is -2.61. The zero-order chi connectivity index (χ0) is 17.8. The maximum atomic E-state index is 13.1. The number of carbonyl (C=O) groups excluding carboxylic acids is 1. The molecular formula is C19H19F2NO3. The second kappa shape index (κ2) is 7.51. The third kappa shape index (κ3) is 4.07. The second-order valence-electron chi connectivity index (χ2n) is 5.89. The molecule has 25 heavy (non-hydrogen) atoms. The summed E-state index contributed by atoms with van der Waals surface area (Å²) in [5.41, 5.74) is 2.29. The van der Waals surface area contributed by atoms with Gasteiger partial charge < -0.3 is 9.47 Å². The molecule has 1 saturated carbocycles. The summed E-state index contributed by atoms with van der Waals surface area (Å²) in [4.78, 5) is 11.6. The summed E-state index contributed by atoms with van der Waals surface area (Å²) in [6.45, 7) is 0.0930. The smallest absolute Gasteiger partial charge is 0.411 e. The van der Waals surface area contributed by atoms with Crippen molar-refractivity contribution in [3.05, 3.63) is 59.2 Å². The van der Waals surface area contributed by atoms with Crippen molar-refractivity contribution in [2.45, 2.75) is 31.8 Å². The number of halogens is 2. The number of rotatable bonds is 6. The minimum Gasteiger partial charge on any atom is -0.488 e. The number of nitrogens with one attached hydrogen (secondary N) is 1. The number of anilines is 1. The fraction of sp³-hybridized carbons (Fsp3) is 0.316. The Morgan fingerprint density at radius 3 is 2.64 bits per heavy atom. The number of para-hydroxylation sites is 1. The number of carbonyl (C=O) groups is 1. The molecule has 0 aromatic heterocycles. The molecule has 0 saturated heterocycles. The van der Waals surface area contributed by atoms with Gasteiger partial charge in [0, 0.05) is 5.56 Å². The molecule has 1 fully saturated rings. The van der Waals surface area contributed by atoms with Crippen molar-refractivity contribution < 1.29 is 23.0 Å². The number of hydrogen-bond donors (Lipinski definition) is 1.